The molecule has 0 aromatic carbocycles. The Bertz CT molecular complexity index is 95.7. The van der Waals surface area contributed by atoms with Gasteiger partial charge in [-0.2, -0.15) is 0 Å². The minimum absolute atomic E-state index is 0.308. The molecule has 0 aromatic heterocycles. The molecule has 0 spiro atoms. The summed E-state index contributed by atoms with van der Waals surface area (Å²) >= 11 is 0. The highest BCUT2D eigenvalue weighted by Crippen LogP contribution is 2.20. The van der Waals surface area contributed by atoms with Crippen molar-refractivity contribution >= 4 is 0 Å². The van der Waals surface area contributed by atoms with Crippen LogP contribution in [0.4, 0.5) is 0 Å². The summed E-state index contributed by atoms with van der Waals surface area (Å²) in [6, 6.07) is 0. The van der Waals surface area contributed by atoms with Crippen LogP contribution in [0.1, 0.15) is 39.0 Å². The zero-order valence-electron chi connectivity index (χ0n) is 7.25. The molecule has 1 rings (SSSR count). The molecule has 11 heavy (non-hydrogen) atoms. The SMILES string of the molecule is C[C@@H](O)COC1CCCCC1. The van der Waals surface area contributed by atoms with E-state index in [4.69, 9.17) is 9.84 Å². The third-order valence-corrected chi connectivity index (χ3v) is 2.13. The molecule has 0 saturated heterocycles. The van der Waals surface area contributed by atoms with Crippen molar-refractivity contribution < 1.29 is 9.84 Å². The third kappa shape index (κ3) is 3.73. The number of hydrogen-bond donors (Lipinski definition) is 1. The second-order valence-electron chi connectivity index (χ2n) is 3.44. The van der Waals surface area contributed by atoms with Crippen LogP contribution in [-0.2, 0) is 4.74 Å². The van der Waals surface area contributed by atoms with Crippen LogP contribution in [-0.4, -0.2) is 23.9 Å². The molecular weight excluding hydrogens is 140 g/mol. The average Bonchev–Trinajstić information content (AvgIpc) is 2.03. The van der Waals surface area contributed by atoms with Gasteiger partial charge in [0.1, 0.15) is 0 Å². The Balaban J connectivity index is 2.05. The van der Waals surface area contributed by atoms with Gasteiger partial charge in [0.05, 0.1) is 18.8 Å². The quantitative estimate of drug-likeness (QED) is 0.677. The van der Waals surface area contributed by atoms with Crippen molar-refractivity contribution in [2.45, 2.75) is 51.2 Å². The fourth-order valence-corrected chi connectivity index (χ4v) is 1.51. The molecule has 0 aliphatic heterocycles. The van der Waals surface area contributed by atoms with E-state index in [2.05, 4.69) is 0 Å². The van der Waals surface area contributed by atoms with Crippen molar-refractivity contribution in [3.05, 3.63) is 0 Å². The van der Waals surface area contributed by atoms with E-state index in [1.165, 1.54) is 32.1 Å². The summed E-state index contributed by atoms with van der Waals surface area (Å²) in [6.07, 6.45) is 6.44. The summed E-state index contributed by atoms with van der Waals surface area (Å²) in [5, 5.41) is 8.96. The molecule has 1 aliphatic carbocycles. The summed E-state index contributed by atoms with van der Waals surface area (Å²) in [7, 11) is 0. The molecule has 2 heteroatoms. The van der Waals surface area contributed by atoms with E-state index in [0.717, 1.165) is 0 Å². The second-order valence-corrected chi connectivity index (χ2v) is 3.44. The Morgan fingerprint density at radius 1 is 1.36 bits per heavy atom. The van der Waals surface area contributed by atoms with Gasteiger partial charge in [-0.15, -0.1) is 0 Å². The zero-order valence-corrected chi connectivity index (χ0v) is 7.25. The van der Waals surface area contributed by atoms with E-state index >= 15 is 0 Å². The molecule has 0 bridgehead atoms. The van der Waals surface area contributed by atoms with Gasteiger partial charge in [-0.1, -0.05) is 19.3 Å². The van der Waals surface area contributed by atoms with Crippen LogP contribution in [0.15, 0.2) is 0 Å². The average molecular weight is 158 g/mol. The fraction of sp³-hybridized carbons (Fsp3) is 1.00. The van der Waals surface area contributed by atoms with Crippen molar-refractivity contribution in [1.82, 2.24) is 0 Å². The van der Waals surface area contributed by atoms with Crippen LogP contribution in [0, 0.1) is 0 Å². The summed E-state index contributed by atoms with van der Waals surface area (Å²) in [4.78, 5) is 0. The summed E-state index contributed by atoms with van der Waals surface area (Å²) in [5.74, 6) is 0. The van der Waals surface area contributed by atoms with Gasteiger partial charge in [-0.3, -0.25) is 0 Å². The Morgan fingerprint density at radius 3 is 2.55 bits per heavy atom. The number of rotatable bonds is 3. The maximum absolute atomic E-state index is 8.96. The van der Waals surface area contributed by atoms with Gasteiger partial charge in [0, 0.05) is 0 Å². The van der Waals surface area contributed by atoms with Gasteiger partial charge in [-0.05, 0) is 19.8 Å². The molecule has 0 aromatic rings. The molecule has 1 fully saturated rings. The third-order valence-electron chi connectivity index (χ3n) is 2.13. The van der Waals surface area contributed by atoms with Crippen LogP contribution in [0.2, 0.25) is 0 Å². The van der Waals surface area contributed by atoms with Gasteiger partial charge < -0.3 is 9.84 Å². The first kappa shape index (κ1) is 9.01. The molecule has 2 nitrogen and oxygen atoms in total. The van der Waals surface area contributed by atoms with Crippen molar-refractivity contribution in [2.75, 3.05) is 6.61 Å². The van der Waals surface area contributed by atoms with Crippen molar-refractivity contribution in [1.29, 1.82) is 0 Å². The van der Waals surface area contributed by atoms with Crippen molar-refractivity contribution in [3.63, 3.8) is 0 Å². The zero-order chi connectivity index (χ0) is 8.10. The lowest BCUT2D eigenvalue weighted by Crippen LogP contribution is -2.21. The predicted molar refractivity (Wildman–Crippen MR) is 44.5 cm³/mol. The minimum Gasteiger partial charge on any atom is -0.391 e. The number of ether oxygens (including phenoxy) is 1. The van der Waals surface area contributed by atoms with E-state index < -0.39 is 0 Å². The molecule has 1 saturated carbocycles. The molecule has 0 radical (unpaired) electrons. The highest BCUT2D eigenvalue weighted by atomic mass is 16.5. The van der Waals surface area contributed by atoms with Gasteiger partial charge in [0.15, 0.2) is 0 Å². The first-order valence-electron chi connectivity index (χ1n) is 4.58. The highest BCUT2D eigenvalue weighted by molar-refractivity contribution is 4.65. The first-order chi connectivity index (χ1) is 5.29. The highest BCUT2D eigenvalue weighted by Gasteiger charge is 2.13. The van der Waals surface area contributed by atoms with E-state index in [0.29, 0.717) is 12.7 Å². The van der Waals surface area contributed by atoms with E-state index in [-0.39, 0.29) is 6.10 Å². The lowest BCUT2D eigenvalue weighted by Gasteiger charge is -2.22. The predicted octanol–water partition coefficient (Wildman–Crippen LogP) is 1.72. The fourth-order valence-electron chi connectivity index (χ4n) is 1.51. The van der Waals surface area contributed by atoms with Crippen molar-refractivity contribution in [2.24, 2.45) is 0 Å². The molecule has 0 amide bonds. The molecule has 0 unspecified atom stereocenters. The van der Waals surface area contributed by atoms with Gasteiger partial charge in [0.25, 0.3) is 0 Å². The first-order valence-corrected chi connectivity index (χ1v) is 4.58. The molecule has 1 aliphatic rings. The van der Waals surface area contributed by atoms with Crippen LogP contribution < -0.4 is 0 Å². The Labute approximate surface area is 68.6 Å². The Morgan fingerprint density at radius 2 is 2.00 bits per heavy atom. The van der Waals surface area contributed by atoms with E-state index in [9.17, 15) is 0 Å². The largest absolute Gasteiger partial charge is 0.391 e. The molecule has 0 heterocycles. The van der Waals surface area contributed by atoms with Gasteiger partial charge in [0.2, 0.25) is 0 Å². The second kappa shape index (κ2) is 4.73. The van der Waals surface area contributed by atoms with Crippen LogP contribution in [0.5, 0.6) is 0 Å². The molecule has 66 valence electrons. The summed E-state index contributed by atoms with van der Waals surface area (Å²) < 4.78 is 5.49. The normalized spacial score (nSPS) is 23.5. The standard InChI is InChI=1S/C9H18O2/c1-8(10)7-11-9-5-3-2-4-6-9/h8-10H,2-7H2,1H3/t8-/m1/s1. The Hall–Kier alpha value is -0.0800. The van der Waals surface area contributed by atoms with Gasteiger partial charge >= 0.3 is 0 Å². The van der Waals surface area contributed by atoms with Crippen LogP contribution in [0.3, 0.4) is 0 Å². The molecular formula is C9H18O2. The maximum Gasteiger partial charge on any atom is 0.0745 e. The van der Waals surface area contributed by atoms with E-state index in [1.807, 2.05) is 0 Å². The maximum atomic E-state index is 8.96. The van der Waals surface area contributed by atoms with E-state index in [1.54, 1.807) is 6.92 Å². The lowest BCUT2D eigenvalue weighted by atomic mass is 9.98. The lowest BCUT2D eigenvalue weighted by molar-refractivity contribution is -0.0179. The molecule has 1 atom stereocenters. The number of aliphatic hydroxyl groups is 1. The monoisotopic (exact) mass is 158 g/mol. The van der Waals surface area contributed by atoms with Crippen molar-refractivity contribution in [3.8, 4) is 0 Å². The topological polar surface area (TPSA) is 29.5 Å². The van der Waals surface area contributed by atoms with Gasteiger partial charge in [-0.25, -0.2) is 0 Å². The molecule has 1 N–H and O–H groups in total. The Kier molecular flexibility index (Phi) is 3.87. The smallest absolute Gasteiger partial charge is 0.0745 e. The van der Waals surface area contributed by atoms with Crippen LogP contribution in [0.25, 0.3) is 0 Å². The van der Waals surface area contributed by atoms with Crippen LogP contribution >= 0.6 is 0 Å². The minimum atomic E-state index is -0.308. The summed E-state index contributed by atoms with van der Waals surface area (Å²) in [6.45, 7) is 2.27. The summed E-state index contributed by atoms with van der Waals surface area (Å²) in [5.41, 5.74) is 0. The number of hydrogen-bond acceptors (Lipinski definition) is 2. The number of aliphatic hydroxyl groups excluding tert-OH is 1.